The number of hydrogen-bond acceptors (Lipinski definition) is 15. The molecule has 5 aromatic carbocycles. The van der Waals surface area contributed by atoms with E-state index in [9.17, 15) is 19.2 Å². The van der Waals surface area contributed by atoms with Gasteiger partial charge >= 0.3 is 23.9 Å². The lowest BCUT2D eigenvalue weighted by molar-refractivity contribution is -0.391. The lowest BCUT2D eigenvalue weighted by atomic mass is 9.95. The zero-order valence-electron chi connectivity index (χ0n) is 36.8. The highest BCUT2D eigenvalue weighted by Crippen LogP contribution is 2.40. The van der Waals surface area contributed by atoms with Gasteiger partial charge < -0.3 is 52.1 Å². The van der Waals surface area contributed by atoms with Crippen LogP contribution >= 0.6 is 0 Å². The van der Waals surface area contributed by atoms with Crippen LogP contribution in [0.2, 0.25) is 0 Å². The van der Waals surface area contributed by atoms with Crippen molar-refractivity contribution < 1.29 is 71.3 Å². The van der Waals surface area contributed by atoms with E-state index in [-0.39, 0.29) is 42.1 Å². The topological polar surface area (TPSA) is 170 Å². The maximum Gasteiger partial charge on any atom is 0.338 e. The quantitative estimate of drug-likeness (QED) is 0.0489. The Labute approximate surface area is 393 Å². The number of carbonyl (C=O) groups is 4. The minimum Gasteiger partial charge on any atom is -0.459 e. The number of ether oxygens (including phenoxy) is 11. The van der Waals surface area contributed by atoms with Gasteiger partial charge in [-0.05, 0) is 48.5 Å². The van der Waals surface area contributed by atoms with E-state index >= 15 is 0 Å². The van der Waals surface area contributed by atoms with Crippen LogP contribution < -0.4 is 0 Å². The number of esters is 4. The summed E-state index contributed by atoms with van der Waals surface area (Å²) in [5.41, 5.74) is 1.50. The van der Waals surface area contributed by atoms with Crippen molar-refractivity contribution in [2.24, 2.45) is 0 Å². The average Bonchev–Trinajstić information content (AvgIpc) is 3.39. The van der Waals surface area contributed by atoms with E-state index in [0.29, 0.717) is 0 Å². The molecule has 0 N–H and O–H groups in total. The minimum absolute atomic E-state index is 0.00394. The van der Waals surface area contributed by atoms with Crippen LogP contribution in [0.3, 0.4) is 0 Å². The van der Waals surface area contributed by atoms with Crippen LogP contribution in [0.5, 0.6) is 0 Å². The molecule has 3 aliphatic heterocycles. The van der Waals surface area contributed by atoms with Crippen LogP contribution in [0.4, 0.5) is 0 Å². The standard InChI is InChI=1S/C53H50O15/c1-3-30-58-43-41-40(33-61-51(67-41)38-28-18-9-19-29-38)63-53(45(43)66-50(57)37-26-16-8-17-27-37)68-46-44(65-49(56)36-24-14-7-15-25-36)42(64-48(55)35-22-12-6-13-23-35)39(62-52(46)59-31-4-2)32-60-47(54)34-20-10-5-11-21-34/h3-29,39-46,51-53H,1-2,30-33H2/t39-,40-,41+,42-,43+,44+,45-,46+,51?,52+,53-/m1/s1. The molecule has 0 spiro atoms. The summed E-state index contributed by atoms with van der Waals surface area (Å²) in [5, 5.41) is 0. The first-order valence-corrected chi connectivity index (χ1v) is 22.0. The van der Waals surface area contributed by atoms with E-state index in [1.54, 1.807) is 121 Å². The molecule has 3 heterocycles. The second-order valence-electron chi connectivity index (χ2n) is 15.7. The van der Waals surface area contributed by atoms with Gasteiger partial charge in [-0.3, -0.25) is 0 Å². The van der Waals surface area contributed by atoms with Crippen LogP contribution in [0, 0.1) is 0 Å². The molecule has 3 fully saturated rings. The fourth-order valence-corrected chi connectivity index (χ4v) is 7.93. The maximum atomic E-state index is 14.2. The number of benzene rings is 5. The fourth-order valence-electron chi connectivity index (χ4n) is 7.93. The predicted octanol–water partition coefficient (Wildman–Crippen LogP) is 7.24. The molecule has 11 atom stereocenters. The maximum absolute atomic E-state index is 14.2. The van der Waals surface area contributed by atoms with E-state index < -0.39 is 98.2 Å². The van der Waals surface area contributed by atoms with Gasteiger partial charge in [0.2, 0.25) is 0 Å². The normalized spacial score (nSPS) is 26.5. The van der Waals surface area contributed by atoms with Crippen molar-refractivity contribution >= 4 is 23.9 Å². The van der Waals surface area contributed by atoms with E-state index in [1.165, 1.54) is 12.2 Å². The first kappa shape index (κ1) is 47.7. The number of fused-ring (bicyclic) bond motifs is 1. The van der Waals surface area contributed by atoms with Crippen molar-refractivity contribution in [3.05, 3.63) is 205 Å². The highest BCUT2D eigenvalue weighted by Gasteiger charge is 2.58. The van der Waals surface area contributed by atoms with E-state index in [0.717, 1.165) is 5.56 Å². The van der Waals surface area contributed by atoms with E-state index in [4.69, 9.17) is 52.1 Å². The van der Waals surface area contributed by atoms with Gasteiger partial charge in [-0.15, -0.1) is 13.2 Å². The van der Waals surface area contributed by atoms with Gasteiger partial charge in [-0.1, -0.05) is 115 Å². The summed E-state index contributed by atoms with van der Waals surface area (Å²) in [4.78, 5) is 55.7. The summed E-state index contributed by atoms with van der Waals surface area (Å²) >= 11 is 0. The Hall–Kier alpha value is -6.82. The zero-order chi connectivity index (χ0) is 47.2. The molecule has 0 aromatic heterocycles. The monoisotopic (exact) mass is 926 g/mol. The lowest BCUT2D eigenvalue weighted by Gasteiger charge is -2.50. The third kappa shape index (κ3) is 11.6. The highest BCUT2D eigenvalue weighted by atomic mass is 16.8. The number of hydrogen-bond donors (Lipinski definition) is 0. The van der Waals surface area contributed by atoms with Gasteiger partial charge in [-0.25, -0.2) is 19.2 Å². The molecule has 8 rings (SSSR count). The van der Waals surface area contributed by atoms with Gasteiger partial charge in [-0.2, -0.15) is 0 Å². The van der Waals surface area contributed by atoms with Crippen molar-refractivity contribution in [1.29, 1.82) is 0 Å². The van der Waals surface area contributed by atoms with Crippen molar-refractivity contribution in [2.75, 3.05) is 26.4 Å². The molecule has 0 radical (unpaired) electrons. The SMILES string of the molecule is C=CCO[C@H]1O[C@H](COC(=O)c2ccccc2)[C@@H](OC(=O)c2ccccc2)[C@H](OC(=O)c2ccccc2)[C@@H]1O[C@H]1O[C@@H]2COC(c3ccccc3)O[C@@H]2[C@H](OCC=C)[C@H]1OC(=O)c1ccccc1. The third-order valence-electron chi connectivity index (χ3n) is 11.2. The van der Waals surface area contributed by atoms with Gasteiger partial charge in [0.1, 0.15) is 31.0 Å². The highest BCUT2D eigenvalue weighted by molar-refractivity contribution is 5.91. The Morgan fingerprint density at radius 1 is 0.500 bits per heavy atom. The summed E-state index contributed by atoms with van der Waals surface area (Å²) in [6.45, 7) is 6.99. The molecule has 0 saturated carbocycles. The van der Waals surface area contributed by atoms with Crippen molar-refractivity contribution in [1.82, 2.24) is 0 Å². The van der Waals surface area contributed by atoms with Crippen LogP contribution in [-0.2, 0) is 52.1 Å². The summed E-state index contributed by atoms with van der Waals surface area (Å²) in [6.07, 6.45) is -11.2. The molecule has 1 unspecified atom stereocenters. The molecule has 0 aliphatic carbocycles. The molecule has 352 valence electrons. The molecule has 3 saturated heterocycles. The Bertz CT molecular complexity index is 2440. The zero-order valence-corrected chi connectivity index (χ0v) is 36.8. The molecule has 5 aromatic rings. The van der Waals surface area contributed by atoms with Gasteiger partial charge in [0.15, 0.2) is 43.3 Å². The Kier molecular flexibility index (Phi) is 16.3. The minimum atomic E-state index is -1.60. The first-order chi connectivity index (χ1) is 33.3. The fraction of sp³-hybridized carbons (Fsp3) is 0.283. The largest absolute Gasteiger partial charge is 0.459 e. The average molecular weight is 927 g/mol. The molecular formula is C53H50O15. The molecule has 15 heteroatoms. The van der Waals surface area contributed by atoms with Gasteiger partial charge in [0.05, 0.1) is 42.1 Å². The van der Waals surface area contributed by atoms with Crippen LogP contribution in [0.1, 0.15) is 53.3 Å². The molecule has 0 bridgehead atoms. The Balaban J connectivity index is 1.20. The third-order valence-corrected chi connectivity index (χ3v) is 11.2. The van der Waals surface area contributed by atoms with Crippen LogP contribution in [0.15, 0.2) is 177 Å². The first-order valence-electron chi connectivity index (χ1n) is 22.0. The molecule has 0 amide bonds. The van der Waals surface area contributed by atoms with Gasteiger partial charge in [0, 0.05) is 5.56 Å². The smallest absolute Gasteiger partial charge is 0.338 e. The summed E-state index contributed by atoms with van der Waals surface area (Å²) in [5.74, 6) is -3.10. The molecular weight excluding hydrogens is 877 g/mol. The van der Waals surface area contributed by atoms with Gasteiger partial charge in [0.25, 0.3) is 0 Å². The number of carbonyl (C=O) groups excluding carboxylic acids is 4. The van der Waals surface area contributed by atoms with Crippen molar-refractivity contribution in [3.63, 3.8) is 0 Å². The second-order valence-corrected chi connectivity index (χ2v) is 15.7. The van der Waals surface area contributed by atoms with Crippen LogP contribution in [0.25, 0.3) is 0 Å². The van der Waals surface area contributed by atoms with Crippen LogP contribution in [-0.4, -0.2) is 112 Å². The number of rotatable bonds is 18. The molecule has 15 nitrogen and oxygen atoms in total. The summed E-state index contributed by atoms with van der Waals surface area (Å²) in [7, 11) is 0. The molecule has 68 heavy (non-hydrogen) atoms. The summed E-state index contributed by atoms with van der Waals surface area (Å²) < 4.78 is 70.1. The summed E-state index contributed by atoms with van der Waals surface area (Å²) in [6, 6.07) is 42.1. The molecule has 3 aliphatic rings. The Morgan fingerprint density at radius 3 is 1.50 bits per heavy atom. The van der Waals surface area contributed by atoms with E-state index in [1.807, 2.05) is 30.3 Å². The predicted molar refractivity (Wildman–Crippen MR) is 242 cm³/mol. The lowest BCUT2D eigenvalue weighted by Crippen LogP contribution is -2.67. The second kappa shape index (κ2) is 23.3. The Morgan fingerprint density at radius 2 is 0.971 bits per heavy atom. The van der Waals surface area contributed by atoms with E-state index in [2.05, 4.69) is 13.2 Å². The van der Waals surface area contributed by atoms with Crippen molar-refractivity contribution in [2.45, 2.75) is 67.7 Å². The van der Waals surface area contributed by atoms with Crippen molar-refractivity contribution in [3.8, 4) is 0 Å².